The molecule has 1 amide bonds. The lowest BCUT2D eigenvalue weighted by atomic mass is 10.0. The largest absolute Gasteiger partial charge is 0.598 e. The summed E-state index contributed by atoms with van der Waals surface area (Å²) in [6.07, 6.45) is 1.95. The van der Waals surface area contributed by atoms with Gasteiger partial charge in [-0.25, -0.2) is 12.8 Å². The van der Waals surface area contributed by atoms with Crippen molar-refractivity contribution in [2.45, 2.75) is 16.6 Å². The topological polar surface area (TPSA) is 80.8 Å². The van der Waals surface area contributed by atoms with Crippen LogP contribution in [0, 0.1) is 11.7 Å². The lowest BCUT2D eigenvalue weighted by Gasteiger charge is -2.37. The molecule has 132 valence electrons. The number of nitrogens with zero attached hydrogens (tertiary/aromatic N) is 2. The molecule has 2 atom stereocenters. The summed E-state index contributed by atoms with van der Waals surface area (Å²) >= 11 is -1.07. The molecule has 0 radical (unpaired) electrons. The Hall–Kier alpha value is -1.16. The molecule has 2 aliphatic rings. The smallest absolute Gasteiger partial charge is 0.228 e. The molecule has 0 bridgehead atoms. The van der Waals surface area contributed by atoms with E-state index in [2.05, 4.69) is 0 Å². The molecule has 2 aliphatic heterocycles. The second-order valence-electron chi connectivity index (χ2n) is 6.16. The van der Waals surface area contributed by atoms with Gasteiger partial charge in [-0.3, -0.25) is 4.79 Å². The molecular formula is C15H19FN2O4S2. The van der Waals surface area contributed by atoms with Crippen molar-refractivity contribution in [1.29, 1.82) is 0 Å². The Bertz CT molecular complexity index is 717. The average molecular weight is 374 g/mol. The van der Waals surface area contributed by atoms with Crippen molar-refractivity contribution >= 4 is 27.1 Å². The summed E-state index contributed by atoms with van der Waals surface area (Å²) in [5.41, 5.74) is 0. The van der Waals surface area contributed by atoms with Crippen molar-refractivity contribution in [1.82, 2.24) is 9.21 Å². The zero-order valence-electron chi connectivity index (χ0n) is 13.2. The standard InChI is InChI=1S/C15H19FN2O4S2/c1-23(20)18-8-11(9-18)15(19)17-7-6-14(10-17)24(21,22)13-4-2-12(16)3-5-13/h2-5,11,14H,6-10H2,1H3. The van der Waals surface area contributed by atoms with Gasteiger partial charge in [-0.2, -0.15) is 0 Å². The summed E-state index contributed by atoms with van der Waals surface area (Å²) in [4.78, 5) is 14.1. The van der Waals surface area contributed by atoms with Crippen LogP contribution in [-0.2, 0) is 26.0 Å². The fourth-order valence-corrected chi connectivity index (χ4v) is 5.53. The van der Waals surface area contributed by atoms with E-state index < -0.39 is 32.3 Å². The number of hydrogen-bond acceptors (Lipinski definition) is 5. The normalized spacial score (nSPS) is 24.0. The van der Waals surface area contributed by atoms with Crippen LogP contribution in [0.3, 0.4) is 0 Å². The summed E-state index contributed by atoms with van der Waals surface area (Å²) in [6, 6.07) is 4.77. The Morgan fingerprint density at radius 1 is 1.25 bits per heavy atom. The first kappa shape index (κ1) is 17.7. The number of likely N-dealkylation sites (tertiary alicyclic amines) is 1. The molecule has 9 heteroatoms. The Morgan fingerprint density at radius 2 is 1.88 bits per heavy atom. The van der Waals surface area contributed by atoms with Crippen molar-refractivity contribution in [2.75, 3.05) is 32.4 Å². The van der Waals surface area contributed by atoms with Crippen LogP contribution in [0.15, 0.2) is 29.2 Å². The highest BCUT2D eigenvalue weighted by Gasteiger charge is 2.43. The number of halogens is 1. The third-order valence-electron chi connectivity index (χ3n) is 4.60. The molecule has 2 fully saturated rings. The predicted molar refractivity (Wildman–Crippen MR) is 87.7 cm³/mol. The number of sulfone groups is 1. The van der Waals surface area contributed by atoms with Crippen LogP contribution in [-0.4, -0.2) is 65.8 Å². The maximum atomic E-state index is 13.0. The predicted octanol–water partition coefficient (Wildman–Crippen LogP) is 0.426. The Morgan fingerprint density at radius 3 is 2.46 bits per heavy atom. The molecule has 1 aromatic carbocycles. The Balaban J connectivity index is 1.63. The zero-order valence-corrected chi connectivity index (χ0v) is 14.9. The van der Waals surface area contributed by atoms with E-state index in [4.69, 9.17) is 0 Å². The summed E-state index contributed by atoms with van der Waals surface area (Å²) in [5.74, 6) is -0.769. The summed E-state index contributed by atoms with van der Waals surface area (Å²) in [6.45, 7) is 1.46. The first-order valence-corrected chi connectivity index (χ1v) is 10.7. The third kappa shape index (κ3) is 3.30. The molecule has 1 aromatic rings. The first-order valence-electron chi connectivity index (χ1n) is 7.66. The second kappa shape index (κ2) is 6.62. The van der Waals surface area contributed by atoms with Gasteiger partial charge in [-0.05, 0) is 30.7 Å². The highest BCUT2D eigenvalue weighted by atomic mass is 32.2. The first-order chi connectivity index (χ1) is 11.3. The van der Waals surface area contributed by atoms with E-state index >= 15 is 0 Å². The van der Waals surface area contributed by atoms with E-state index in [0.717, 1.165) is 12.1 Å². The van der Waals surface area contributed by atoms with Crippen molar-refractivity contribution in [3.8, 4) is 0 Å². The van der Waals surface area contributed by atoms with E-state index in [9.17, 15) is 22.2 Å². The number of amides is 1. The third-order valence-corrected chi connectivity index (χ3v) is 7.82. The molecule has 6 nitrogen and oxygen atoms in total. The maximum absolute atomic E-state index is 13.0. The van der Waals surface area contributed by atoms with Gasteiger partial charge in [-0.1, -0.05) is 0 Å². The summed E-state index contributed by atoms with van der Waals surface area (Å²) in [7, 11) is -3.58. The fourth-order valence-electron chi connectivity index (χ4n) is 3.06. The molecule has 2 unspecified atom stereocenters. The number of hydrogen-bond donors (Lipinski definition) is 0. The fraction of sp³-hybridized carbons (Fsp3) is 0.533. The number of benzene rings is 1. The highest BCUT2D eigenvalue weighted by Crippen LogP contribution is 2.27. The van der Waals surface area contributed by atoms with Gasteiger partial charge in [0.05, 0.1) is 29.2 Å². The van der Waals surface area contributed by atoms with Crippen molar-refractivity contribution < 1.29 is 22.2 Å². The Kier molecular flexibility index (Phi) is 4.87. The SMILES string of the molecule is C[S+]([O-])N1CC(C(=O)N2CCC(S(=O)(=O)c3ccc(F)cc3)C2)C1. The molecular weight excluding hydrogens is 355 g/mol. The molecule has 2 saturated heterocycles. The van der Waals surface area contributed by atoms with Crippen LogP contribution in [0.1, 0.15) is 6.42 Å². The molecule has 0 aliphatic carbocycles. The Labute approximate surface area is 143 Å². The van der Waals surface area contributed by atoms with Gasteiger partial charge < -0.3 is 9.45 Å². The molecule has 24 heavy (non-hydrogen) atoms. The van der Waals surface area contributed by atoms with Gasteiger partial charge in [0.15, 0.2) is 9.84 Å². The average Bonchev–Trinajstić information content (AvgIpc) is 2.96. The summed E-state index contributed by atoms with van der Waals surface area (Å²) in [5, 5.41) is -0.664. The van der Waals surface area contributed by atoms with Gasteiger partial charge in [0, 0.05) is 24.5 Å². The van der Waals surface area contributed by atoms with Crippen LogP contribution in [0.4, 0.5) is 4.39 Å². The molecule has 2 heterocycles. The minimum Gasteiger partial charge on any atom is -0.598 e. The van der Waals surface area contributed by atoms with Crippen LogP contribution >= 0.6 is 0 Å². The highest BCUT2D eigenvalue weighted by molar-refractivity contribution is 7.92. The van der Waals surface area contributed by atoms with Crippen LogP contribution < -0.4 is 0 Å². The minimum absolute atomic E-state index is 0.0755. The van der Waals surface area contributed by atoms with Crippen molar-refractivity contribution in [2.24, 2.45) is 5.92 Å². The van der Waals surface area contributed by atoms with Crippen LogP contribution in [0.2, 0.25) is 0 Å². The van der Waals surface area contributed by atoms with Gasteiger partial charge >= 0.3 is 0 Å². The van der Waals surface area contributed by atoms with Crippen molar-refractivity contribution in [3.05, 3.63) is 30.1 Å². The molecule has 0 spiro atoms. The number of rotatable bonds is 4. The minimum atomic E-state index is -3.58. The van der Waals surface area contributed by atoms with E-state index in [1.165, 1.54) is 12.1 Å². The lowest BCUT2D eigenvalue weighted by Crippen LogP contribution is -2.55. The molecule has 0 saturated carbocycles. The second-order valence-corrected chi connectivity index (χ2v) is 9.75. The quantitative estimate of drug-likeness (QED) is 0.564. The number of carbonyl (C=O) groups excluding carboxylic acids is 1. The number of carbonyl (C=O) groups is 1. The zero-order chi connectivity index (χ0) is 17.5. The molecule has 0 aromatic heterocycles. The molecule has 3 rings (SSSR count). The van der Waals surface area contributed by atoms with E-state index in [1.54, 1.807) is 15.5 Å². The molecule has 0 N–H and O–H groups in total. The van der Waals surface area contributed by atoms with Crippen molar-refractivity contribution in [3.63, 3.8) is 0 Å². The monoisotopic (exact) mass is 374 g/mol. The van der Waals surface area contributed by atoms with Crippen LogP contribution in [0.25, 0.3) is 0 Å². The van der Waals surface area contributed by atoms with Gasteiger partial charge in [0.2, 0.25) is 5.91 Å². The van der Waals surface area contributed by atoms with E-state index in [0.29, 0.717) is 26.1 Å². The maximum Gasteiger partial charge on any atom is 0.228 e. The van der Waals surface area contributed by atoms with Gasteiger partial charge in [0.1, 0.15) is 12.1 Å². The van der Waals surface area contributed by atoms with Gasteiger partial charge in [0.25, 0.3) is 0 Å². The van der Waals surface area contributed by atoms with Crippen LogP contribution in [0.5, 0.6) is 0 Å². The lowest BCUT2D eigenvalue weighted by molar-refractivity contribution is -0.137. The van der Waals surface area contributed by atoms with Gasteiger partial charge in [-0.15, -0.1) is 4.31 Å². The summed E-state index contributed by atoms with van der Waals surface area (Å²) < 4.78 is 51.2. The van der Waals surface area contributed by atoms with E-state index in [1.807, 2.05) is 0 Å². The van der Waals surface area contributed by atoms with E-state index in [-0.39, 0.29) is 23.3 Å².